The van der Waals surface area contributed by atoms with Gasteiger partial charge in [-0.25, -0.2) is 0 Å². The summed E-state index contributed by atoms with van der Waals surface area (Å²) >= 11 is 6.44. The Hall–Kier alpha value is -2.87. The molecule has 2 aromatic rings. The second-order valence-electron chi connectivity index (χ2n) is 13.8. The molecule has 2 aromatic carbocycles. The third-order valence-electron chi connectivity index (χ3n) is 10.7. The van der Waals surface area contributed by atoms with E-state index < -0.39 is 0 Å². The summed E-state index contributed by atoms with van der Waals surface area (Å²) in [6, 6.07) is 12.3. The zero-order chi connectivity index (χ0) is 32.2. The number of halogens is 1. The summed E-state index contributed by atoms with van der Waals surface area (Å²) in [5.74, 6) is 2.76. The van der Waals surface area contributed by atoms with Crippen LogP contribution >= 0.6 is 11.6 Å². The molecule has 46 heavy (non-hydrogen) atoms. The van der Waals surface area contributed by atoms with Gasteiger partial charge >= 0.3 is 0 Å². The van der Waals surface area contributed by atoms with E-state index in [1.807, 2.05) is 36.1 Å². The van der Waals surface area contributed by atoms with Gasteiger partial charge in [-0.05, 0) is 91.8 Å². The molecule has 6 rings (SSSR count). The highest BCUT2D eigenvalue weighted by molar-refractivity contribution is 6.30. The molecule has 1 amide bonds. The van der Waals surface area contributed by atoms with Crippen molar-refractivity contribution in [1.29, 1.82) is 0 Å². The van der Waals surface area contributed by atoms with Gasteiger partial charge in [0.15, 0.2) is 0 Å². The highest BCUT2D eigenvalue weighted by Crippen LogP contribution is 2.44. The van der Waals surface area contributed by atoms with Crippen LogP contribution in [0.25, 0.3) is 0 Å². The number of carbonyl (C=O) groups is 2. The fourth-order valence-electron chi connectivity index (χ4n) is 8.10. The lowest BCUT2D eigenvalue weighted by atomic mass is 9.66. The van der Waals surface area contributed by atoms with Gasteiger partial charge in [-0.15, -0.1) is 0 Å². The Kier molecular flexibility index (Phi) is 10.7. The number of morpholine rings is 1. The van der Waals surface area contributed by atoms with Crippen molar-refractivity contribution in [1.82, 2.24) is 9.80 Å². The minimum atomic E-state index is -0.326. The summed E-state index contributed by atoms with van der Waals surface area (Å²) in [6.45, 7) is 12.8. The molecule has 7 nitrogen and oxygen atoms in total. The minimum absolute atomic E-state index is 0.135. The van der Waals surface area contributed by atoms with E-state index in [1.54, 1.807) is 0 Å². The van der Waals surface area contributed by atoms with Crippen LogP contribution in [0, 0.1) is 17.8 Å². The molecule has 2 saturated heterocycles. The molecule has 1 saturated carbocycles. The number of ether oxygens (including phenoxy) is 2. The molecule has 0 radical (unpaired) electrons. The molecular formula is C38H50ClN3O4. The SMILES string of the molecule is CC/C=C/C(CN1CCN2C(=O)[C@@H](C)OCC2C1)C1CCC1CN1CC(c2ccc(Cl)cc2CCC)COc2ccc(C=O)cc21. The Morgan fingerprint density at radius 2 is 1.93 bits per heavy atom. The van der Waals surface area contributed by atoms with Crippen LogP contribution in [0.15, 0.2) is 48.6 Å². The number of amides is 1. The first kappa shape index (κ1) is 33.0. The van der Waals surface area contributed by atoms with Crippen LogP contribution in [-0.2, 0) is 16.0 Å². The van der Waals surface area contributed by atoms with Gasteiger partial charge in [0.25, 0.3) is 5.91 Å². The zero-order valence-electron chi connectivity index (χ0n) is 27.7. The number of carbonyl (C=O) groups excluding carboxylic acids is 2. The lowest BCUT2D eigenvalue weighted by molar-refractivity contribution is -0.162. The van der Waals surface area contributed by atoms with E-state index in [0.29, 0.717) is 36.5 Å². The van der Waals surface area contributed by atoms with Crippen LogP contribution in [0.4, 0.5) is 5.69 Å². The maximum atomic E-state index is 12.7. The molecule has 0 N–H and O–H groups in total. The average Bonchev–Trinajstić information content (AvgIpc) is 3.23. The van der Waals surface area contributed by atoms with Gasteiger partial charge in [0, 0.05) is 55.8 Å². The molecule has 0 bridgehead atoms. The molecule has 5 unspecified atom stereocenters. The third kappa shape index (κ3) is 7.17. The number of rotatable bonds is 11. The number of allylic oxidation sites excluding steroid dienone is 1. The molecule has 0 spiro atoms. The number of piperazine rings is 1. The quantitative estimate of drug-likeness (QED) is 0.202. The van der Waals surface area contributed by atoms with Crippen LogP contribution in [0.5, 0.6) is 5.75 Å². The highest BCUT2D eigenvalue weighted by Gasteiger charge is 2.41. The van der Waals surface area contributed by atoms with E-state index in [-0.39, 0.29) is 24.0 Å². The van der Waals surface area contributed by atoms with Crippen LogP contribution in [0.1, 0.15) is 73.9 Å². The molecule has 1 aliphatic carbocycles. The first-order valence-corrected chi connectivity index (χ1v) is 17.8. The van der Waals surface area contributed by atoms with Gasteiger partial charge in [-0.3, -0.25) is 14.5 Å². The monoisotopic (exact) mass is 647 g/mol. The van der Waals surface area contributed by atoms with Crippen LogP contribution in [-0.4, -0.2) is 86.6 Å². The Bertz CT molecular complexity index is 1410. The number of benzene rings is 2. The van der Waals surface area contributed by atoms with Crippen molar-refractivity contribution < 1.29 is 19.1 Å². The lowest BCUT2D eigenvalue weighted by Crippen LogP contribution is -2.62. The van der Waals surface area contributed by atoms with Gasteiger partial charge in [-0.2, -0.15) is 0 Å². The molecule has 3 heterocycles. The first-order chi connectivity index (χ1) is 22.4. The smallest absolute Gasteiger partial charge is 0.251 e. The first-order valence-electron chi connectivity index (χ1n) is 17.4. The van der Waals surface area contributed by atoms with Gasteiger partial charge < -0.3 is 19.3 Å². The summed E-state index contributed by atoms with van der Waals surface area (Å²) in [7, 11) is 0. The molecule has 0 aromatic heterocycles. The number of aryl methyl sites for hydroxylation is 1. The maximum Gasteiger partial charge on any atom is 0.251 e. The number of hydrogen-bond acceptors (Lipinski definition) is 6. The van der Waals surface area contributed by atoms with E-state index in [1.165, 1.54) is 24.0 Å². The maximum absolute atomic E-state index is 12.7. The summed E-state index contributed by atoms with van der Waals surface area (Å²) in [5, 5.41) is 0.777. The largest absolute Gasteiger partial charge is 0.491 e. The second-order valence-corrected chi connectivity index (χ2v) is 14.2. The van der Waals surface area contributed by atoms with E-state index >= 15 is 0 Å². The average molecular weight is 648 g/mol. The van der Waals surface area contributed by atoms with Crippen molar-refractivity contribution in [3.05, 3.63) is 70.3 Å². The van der Waals surface area contributed by atoms with Gasteiger partial charge in [-0.1, -0.05) is 50.1 Å². The van der Waals surface area contributed by atoms with E-state index in [0.717, 1.165) is 81.3 Å². The van der Waals surface area contributed by atoms with Crippen molar-refractivity contribution >= 4 is 29.5 Å². The molecule has 248 valence electrons. The predicted molar refractivity (Wildman–Crippen MR) is 184 cm³/mol. The Morgan fingerprint density at radius 3 is 2.70 bits per heavy atom. The Balaban J connectivity index is 1.21. The fraction of sp³-hybridized carbons (Fsp3) is 0.579. The van der Waals surface area contributed by atoms with Crippen molar-refractivity contribution in [2.24, 2.45) is 17.8 Å². The number of aldehydes is 1. The van der Waals surface area contributed by atoms with Crippen LogP contribution in [0.2, 0.25) is 5.02 Å². The lowest BCUT2D eigenvalue weighted by Gasteiger charge is -2.48. The number of anilines is 1. The number of fused-ring (bicyclic) bond motifs is 2. The molecule has 3 fully saturated rings. The van der Waals surface area contributed by atoms with Gasteiger partial charge in [0.1, 0.15) is 18.1 Å². The van der Waals surface area contributed by atoms with Crippen LogP contribution in [0.3, 0.4) is 0 Å². The zero-order valence-corrected chi connectivity index (χ0v) is 28.5. The highest BCUT2D eigenvalue weighted by atomic mass is 35.5. The van der Waals surface area contributed by atoms with Gasteiger partial charge in [0.05, 0.1) is 24.9 Å². The summed E-state index contributed by atoms with van der Waals surface area (Å²) in [6.07, 6.45) is 10.9. The second kappa shape index (κ2) is 14.9. The standard InChI is InChI=1S/C38H50ClN3O4/c1-4-6-8-29(19-40-15-16-42-33(22-40)25-45-26(3)38(42)44)35-12-10-30(35)20-41-21-31(34-13-11-32(39)18-28(34)7-5-2)24-46-37-14-9-27(23-43)17-36(37)41/h6,8-9,11,13-14,17-18,23,26,29-31,33,35H,4-5,7,10,12,15-16,19-22,24-25H2,1-3H3/b8-6+/t26-,29?,30?,31?,33?,35?/m1/s1. The fourth-order valence-corrected chi connectivity index (χ4v) is 8.29. The Morgan fingerprint density at radius 1 is 1.07 bits per heavy atom. The molecule has 6 atom stereocenters. The minimum Gasteiger partial charge on any atom is -0.491 e. The molecule has 4 aliphatic rings. The van der Waals surface area contributed by atoms with E-state index in [4.69, 9.17) is 21.1 Å². The van der Waals surface area contributed by atoms with E-state index in [9.17, 15) is 9.59 Å². The number of nitrogens with zero attached hydrogens (tertiary/aromatic N) is 3. The van der Waals surface area contributed by atoms with Crippen molar-refractivity contribution in [3.63, 3.8) is 0 Å². The normalized spacial score (nSPS) is 27.4. The van der Waals surface area contributed by atoms with E-state index in [2.05, 4.69) is 47.9 Å². The summed E-state index contributed by atoms with van der Waals surface area (Å²) in [5.41, 5.74) is 4.31. The third-order valence-corrected chi connectivity index (χ3v) is 10.9. The number of hydrogen-bond donors (Lipinski definition) is 0. The van der Waals surface area contributed by atoms with Crippen molar-refractivity contribution in [2.75, 3.05) is 57.4 Å². The van der Waals surface area contributed by atoms with Crippen molar-refractivity contribution in [2.45, 2.75) is 70.9 Å². The molecule has 3 aliphatic heterocycles. The predicted octanol–water partition coefficient (Wildman–Crippen LogP) is 6.63. The Labute approximate surface area is 279 Å². The summed E-state index contributed by atoms with van der Waals surface area (Å²) in [4.78, 5) is 31.7. The molecular weight excluding hydrogens is 598 g/mol. The van der Waals surface area contributed by atoms with Crippen molar-refractivity contribution in [3.8, 4) is 5.75 Å². The summed E-state index contributed by atoms with van der Waals surface area (Å²) < 4.78 is 12.3. The van der Waals surface area contributed by atoms with Gasteiger partial charge in [0.2, 0.25) is 0 Å². The molecule has 8 heteroatoms. The topological polar surface area (TPSA) is 62.3 Å². The van der Waals surface area contributed by atoms with Crippen LogP contribution < -0.4 is 9.64 Å².